The fourth-order valence-electron chi connectivity index (χ4n) is 0.139. The first-order valence-electron chi connectivity index (χ1n) is 2.12. The van der Waals surface area contributed by atoms with Crippen LogP contribution in [-0.4, -0.2) is 29.0 Å². The van der Waals surface area contributed by atoms with Crippen molar-refractivity contribution in [2.75, 3.05) is 6.61 Å². The van der Waals surface area contributed by atoms with E-state index in [1.165, 1.54) is 6.92 Å². The second-order valence-electron chi connectivity index (χ2n) is 1.47. The smallest absolute Gasteiger partial charge is 0.111 e. The van der Waals surface area contributed by atoms with Gasteiger partial charge < -0.3 is 10.2 Å². The molecule has 0 saturated heterocycles. The number of aliphatic hydroxyl groups is 2. The third-order valence-electron chi connectivity index (χ3n) is 0.728. The largest absolute Gasteiger partial charge is 0.391 e. The van der Waals surface area contributed by atoms with Crippen molar-refractivity contribution in [3.05, 3.63) is 0 Å². The monoisotopic (exact) mass is 105 g/mol. The van der Waals surface area contributed by atoms with Crippen LogP contribution < -0.4 is 0 Å². The van der Waals surface area contributed by atoms with Crippen molar-refractivity contribution in [3.63, 3.8) is 0 Å². The first-order chi connectivity index (χ1) is 3.18. The van der Waals surface area contributed by atoms with Crippen molar-refractivity contribution in [1.29, 1.82) is 0 Å². The summed E-state index contributed by atoms with van der Waals surface area (Å²) >= 11 is 0. The Kier molecular flexibility index (Phi) is 2.91. The van der Waals surface area contributed by atoms with Crippen molar-refractivity contribution in [1.82, 2.24) is 0 Å². The van der Waals surface area contributed by atoms with Gasteiger partial charge in [-0.15, -0.1) is 0 Å². The van der Waals surface area contributed by atoms with Crippen LogP contribution in [0.25, 0.3) is 0 Å². The van der Waals surface area contributed by atoms with E-state index in [9.17, 15) is 5.11 Å². The Morgan fingerprint density at radius 1 is 1.57 bits per heavy atom. The van der Waals surface area contributed by atoms with Crippen LogP contribution in [0.1, 0.15) is 6.92 Å². The van der Waals surface area contributed by atoms with Crippen molar-refractivity contribution in [3.8, 4) is 0 Å². The highest BCUT2D eigenvalue weighted by Crippen LogP contribution is 1.87. The minimum Gasteiger partial charge on any atom is -0.391 e. The SMILES string of the molecule is C[C@H](O)[C@H](O)C[O]. The van der Waals surface area contributed by atoms with Crippen molar-refractivity contribution < 1.29 is 15.3 Å². The topological polar surface area (TPSA) is 60.4 Å². The molecular formula is C4H9O3. The fourth-order valence-corrected chi connectivity index (χ4v) is 0.139. The molecule has 0 saturated carbocycles. The van der Waals surface area contributed by atoms with Gasteiger partial charge in [-0.3, -0.25) is 0 Å². The number of hydrogen-bond donors (Lipinski definition) is 2. The van der Waals surface area contributed by atoms with Crippen LogP contribution in [0.15, 0.2) is 0 Å². The molecule has 0 amide bonds. The molecule has 3 heteroatoms. The Morgan fingerprint density at radius 3 is 2.00 bits per heavy atom. The molecule has 0 aromatic heterocycles. The quantitative estimate of drug-likeness (QED) is 0.481. The average Bonchev–Trinajstić information content (AvgIpc) is 1.65. The van der Waals surface area contributed by atoms with Gasteiger partial charge in [0.25, 0.3) is 0 Å². The third kappa shape index (κ3) is 2.56. The maximum Gasteiger partial charge on any atom is 0.111 e. The maximum absolute atomic E-state index is 9.66. The van der Waals surface area contributed by atoms with Crippen LogP contribution in [0.4, 0.5) is 0 Å². The molecule has 7 heavy (non-hydrogen) atoms. The Hall–Kier alpha value is -0.120. The van der Waals surface area contributed by atoms with Gasteiger partial charge in [-0.2, -0.15) is 0 Å². The van der Waals surface area contributed by atoms with E-state index in [1.807, 2.05) is 0 Å². The van der Waals surface area contributed by atoms with Gasteiger partial charge in [-0.25, -0.2) is 5.11 Å². The molecule has 0 rings (SSSR count). The number of aliphatic hydroxyl groups excluding tert-OH is 2. The van der Waals surface area contributed by atoms with Gasteiger partial charge >= 0.3 is 0 Å². The summed E-state index contributed by atoms with van der Waals surface area (Å²) in [5, 5.41) is 26.4. The van der Waals surface area contributed by atoms with Gasteiger partial charge in [-0.1, -0.05) is 0 Å². The molecule has 0 unspecified atom stereocenters. The zero-order chi connectivity index (χ0) is 5.86. The van der Waals surface area contributed by atoms with Crippen molar-refractivity contribution in [2.24, 2.45) is 0 Å². The molecular weight excluding hydrogens is 96.0 g/mol. The summed E-state index contributed by atoms with van der Waals surface area (Å²) in [6.07, 6.45) is -1.99. The summed E-state index contributed by atoms with van der Waals surface area (Å²) in [5.74, 6) is 0. The Balaban J connectivity index is 3.14. The highest BCUT2D eigenvalue weighted by molar-refractivity contribution is 4.57. The number of hydrogen-bond acceptors (Lipinski definition) is 2. The maximum atomic E-state index is 9.66. The highest BCUT2D eigenvalue weighted by Gasteiger charge is 2.07. The van der Waals surface area contributed by atoms with Crippen LogP contribution in [0.5, 0.6) is 0 Å². The molecule has 0 aliphatic rings. The van der Waals surface area contributed by atoms with Gasteiger partial charge in [0.05, 0.1) is 6.10 Å². The van der Waals surface area contributed by atoms with Gasteiger partial charge in [-0.05, 0) is 6.92 Å². The second-order valence-corrected chi connectivity index (χ2v) is 1.47. The molecule has 0 aromatic rings. The molecule has 0 aliphatic heterocycles. The normalized spacial score (nSPS) is 18.9. The van der Waals surface area contributed by atoms with E-state index >= 15 is 0 Å². The lowest BCUT2D eigenvalue weighted by Gasteiger charge is -2.06. The van der Waals surface area contributed by atoms with Crippen LogP contribution in [0.2, 0.25) is 0 Å². The Bertz CT molecular complexity index is 44.2. The summed E-state index contributed by atoms with van der Waals surface area (Å²) in [4.78, 5) is 0. The van der Waals surface area contributed by atoms with Crippen LogP contribution >= 0.6 is 0 Å². The van der Waals surface area contributed by atoms with E-state index in [-0.39, 0.29) is 0 Å². The van der Waals surface area contributed by atoms with Crippen LogP contribution in [-0.2, 0) is 5.11 Å². The van der Waals surface area contributed by atoms with Crippen molar-refractivity contribution >= 4 is 0 Å². The molecule has 1 radical (unpaired) electrons. The van der Waals surface area contributed by atoms with E-state index < -0.39 is 18.8 Å². The molecule has 0 heterocycles. The van der Waals surface area contributed by atoms with Crippen molar-refractivity contribution in [2.45, 2.75) is 19.1 Å². The lowest BCUT2D eigenvalue weighted by atomic mass is 10.2. The first kappa shape index (κ1) is 6.88. The van der Waals surface area contributed by atoms with Crippen LogP contribution in [0, 0.1) is 0 Å². The lowest BCUT2D eigenvalue weighted by Crippen LogP contribution is -2.25. The van der Waals surface area contributed by atoms with E-state index in [2.05, 4.69) is 0 Å². The highest BCUT2D eigenvalue weighted by atomic mass is 16.4. The molecule has 43 valence electrons. The van der Waals surface area contributed by atoms with E-state index in [0.717, 1.165) is 0 Å². The van der Waals surface area contributed by atoms with Gasteiger partial charge in [0.2, 0.25) is 0 Å². The minimum atomic E-state index is -1.10. The van der Waals surface area contributed by atoms with Crippen LogP contribution in [0.3, 0.4) is 0 Å². The standard InChI is InChI=1S/C4H9O3/c1-3(6)4(7)2-5/h3-4,6-7H,2H2,1H3/t3-,4+/m0/s1. The summed E-state index contributed by atoms with van der Waals surface area (Å²) in [6.45, 7) is 0.750. The summed E-state index contributed by atoms with van der Waals surface area (Å²) in [7, 11) is 0. The van der Waals surface area contributed by atoms with E-state index in [0.29, 0.717) is 0 Å². The summed E-state index contributed by atoms with van der Waals surface area (Å²) < 4.78 is 0. The fraction of sp³-hybridized carbons (Fsp3) is 1.00. The lowest BCUT2D eigenvalue weighted by molar-refractivity contribution is -0.0237. The first-order valence-corrected chi connectivity index (χ1v) is 2.12. The predicted molar refractivity (Wildman–Crippen MR) is 23.2 cm³/mol. The zero-order valence-electron chi connectivity index (χ0n) is 4.16. The second kappa shape index (κ2) is 2.96. The summed E-state index contributed by atoms with van der Waals surface area (Å²) in [6, 6.07) is 0. The molecule has 2 atom stereocenters. The Labute approximate surface area is 42.2 Å². The molecule has 0 bridgehead atoms. The Morgan fingerprint density at radius 2 is 2.00 bits per heavy atom. The van der Waals surface area contributed by atoms with Gasteiger partial charge in [0.1, 0.15) is 12.7 Å². The molecule has 3 nitrogen and oxygen atoms in total. The average molecular weight is 105 g/mol. The molecule has 2 N–H and O–H groups in total. The third-order valence-corrected chi connectivity index (χ3v) is 0.728. The molecule has 0 spiro atoms. The summed E-state index contributed by atoms with van der Waals surface area (Å²) in [5.41, 5.74) is 0. The minimum absolute atomic E-state index is 0.627. The van der Waals surface area contributed by atoms with E-state index in [4.69, 9.17) is 10.2 Å². The zero-order valence-corrected chi connectivity index (χ0v) is 4.16. The molecule has 0 aromatic carbocycles. The molecule has 0 fully saturated rings. The van der Waals surface area contributed by atoms with E-state index in [1.54, 1.807) is 0 Å². The van der Waals surface area contributed by atoms with Gasteiger partial charge in [0, 0.05) is 0 Å². The predicted octanol–water partition coefficient (Wildman–Crippen LogP) is -0.841. The molecule has 0 aliphatic carbocycles. The van der Waals surface area contributed by atoms with Gasteiger partial charge in [0.15, 0.2) is 0 Å². The number of rotatable bonds is 2.